The number of hydrogen-bond donors (Lipinski definition) is 1. The van der Waals surface area contributed by atoms with Crippen LogP contribution in [0.4, 0.5) is 15.9 Å². The number of fused-ring (bicyclic) bond motifs is 1. The van der Waals surface area contributed by atoms with Crippen LogP contribution in [-0.4, -0.2) is 16.9 Å². The second-order valence-electron chi connectivity index (χ2n) is 6.71. The summed E-state index contributed by atoms with van der Waals surface area (Å²) in [4.78, 5) is 18.6. The molecule has 1 aliphatic rings. The van der Waals surface area contributed by atoms with Gasteiger partial charge in [-0.25, -0.2) is 9.37 Å². The van der Waals surface area contributed by atoms with Crippen LogP contribution in [0.1, 0.15) is 44.5 Å². The van der Waals surface area contributed by atoms with E-state index in [9.17, 15) is 9.18 Å². The highest BCUT2D eigenvalue weighted by molar-refractivity contribution is 5.94. The number of carbonyl (C=O) groups excluding carboxylic acids is 1. The number of aromatic nitrogens is 1. The fourth-order valence-electron chi connectivity index (χ4n) is 3.86. The Morgan fingerprint density at radius 3 is 2.72 bits per heavy atom. The Balaban J connectivity index is 2.09. The van der Waals surface area contributed by atoms with Gasteiger partial charge in [-0.1, -0.05) is 19.9 Å². The molecule has 0 saturated carbocycles. The molecule has 0 spiro atoms. The third-order valence-electron chi connectivity index (χ3n) is 5.00. The summed E-state index contributed by atoms with van der Waals surface area (Å²) in [6, 6.07) is 10.4. The predicted octanol–water partition coefficient (Wildman–Crippen LogP) is 4.46. The van der Waals surface area contributed by atoms with Gasteiger partial charge in [-0.3, -0.25) is 4.79 Å². The molecule has 4 nitrogen and oxygen atoms in total. The van der Waals surface area contributed by atoms with Crippen LogP contribution < -0.4 is 10.2 Å². The lowest BCUT2D eigenvalue weighted by molar-refractivity contribution is -0.117. The van der Waals surface area contributed by atoms with Gasteiger partial charge in [0.1, 0.15) is 11.6 Å². The molecule has 2 aromatic rings. The first-order valence-corrected chi connectivity index (χ1v) is 8.71. The van der Waals surface area contributed by atoms with Gasteiger partial charge in [0.05, 0.1) is 6.04 Å². The first kappa shape index (κ1) is 17.4. The standard InChI is InChI=1S/C20H24FN3O/c1-5-17-13(3)20(23-19-8-6-7-12(2)22-19)16-11-15(21)9-10-18(16)24(17)14(4)25/h6-11,13,17,20H,5H2,1-4H3,(H,22,23)/t13-,17-,20-/m0/s1. The average molecular weight is 341 g/mol. The Hall–Kier alpha value is -2.43. The number of halogens is 1. The quantitative estimate of drug-likeness (QED) is 0.896. The molecular weight excluding hydrogens is 317 g/mol. The second-order valence-corrected chi connectivity index (χ2v) is 6.71. The summed E-state index contributed by atoms with van der Waals surface area (Å²) in [6.45, 7) is 7.69. The van der Waals surface area contributed by atoms with E-state index in [4.69, 9.17) is 0 Å². The molecule has 3 atom stereocenters. The van der Waals surface area contributed by atoms with Gasteiger partial charge in [0.2, 0.25) is 5.91 Å². The molecule has 0 aliphatic carbocycles. The molecule has 0 bridgehead atoms. The molecule has 1 N–H and O–H groups in total. The van der Waals surface area contributed by atoms with E-state index >= 15 is 0 Å². The Kier molecular flexibility index (Phi) is 4.75. The molecule has 25 heavy (non-hydrogen) atoms. The maximum absolute atomic E-state index is 14.0. The van der Waals surface area contributed by atoms with Gasteiger partial charge in [-0.2, -0.15) is 0 Å². The van der Waals surface area contributed by atoms with Crippen LogP contribution in [0.2, 0.25) is 0 Å². The highest BCUT2D eigenvalue weighted by Gasteiger charge is 2.39. The van der Waals surface area contributed by atoms with Gasteiger partial charge >= 0.3 is 0 Å². The maximum atomic E-state index is 14.0. The molecule has 0 fully saturated rings. The second kappa shape index (κ2) is 6.82. The lowest BCUT2D eigenvalue weighted by Crippen LogP contribution is -2.49. The number of benzene rings is 1. The van der Waals surface area contributed by atoms with Gasteiger partial charge in [-0.15, -0.1) is 0 Å². The monoisotopic (exact) mass is 341 g/mol. The lowest BCUT2D eigenvalue weighted by Gasteiger charge is -2.45. The fourth-order valence-corrected chi connectivity index (χ4v) is 3.86. The van der Waals surface area contributed by atoms with E-state index in [0.717, 1.165) is 29.2 Å². The fraction of sp³-hybridized carbons (Fsp3) is 0.400. The molecule has 0 saturated heterocycles. The van der Waals surface area contributed by atoms with Crippen molar-refractivity contribution in [2.75, 3.05) is 10.2 Å². The molecule has 5 heteroatoms. The number of amides is 1. The SMILES string of the molecule is CC[C@H]1[C@H](C)[C@H](Nc2cccc(C)n2)c2cc(F)ccc2N1C(C)=O. The van der Waals surface area contributed by atoms with Gasteiger partial charge in [0.25, 0.3) is 0 Å². The highest BCUT2D eigenvalue weighted by Crippen LogP contribution is 2.43. The van der Waals surface area contributed by atoms with E-state index in [0.29, 0.717) is 0 Å². The molecule has 3 rings (SSSR count). The predicted molar refractivity (Wildman–Crippen MR) is 98.1 cm³/mol. The number of rotatable bonds is 3. The summed E-state index contributed by atoms with van der Waals surface area (Å²) in [7, 11) is 0. The minimum Gasteiger partial charge on any atom is -0.363 e. The van der Waals surface area contributed by atoms with Crippen molar-refractivity contribution in [3.8, 4) is 0 Å². The molecule has 132 valence electrons. The maximum Gasteiger partial charge on any atom is 0.224 e. The number of carbonyl (C=O) groups is 1. The number of nitrogens with zero attached hydrogens (tertiary/aromatic N) is 2. The lowest BCUT2D eigenvalue weighted by atomic mass is 9.81. The van der Waals surface area contributed by atoms with Crippen molar-refractivity contribution in [1.29, 1.82) is 0 Å². The molecular formula is C20H24FN3O. The number of hydrogen-bond acceptors (Lipinski definition) is 3. The third-order valence-corrected chi connectivity index (χ3v) is 5.00. The van der Waals surface area contributed by atoms with Crippen molar-refractivity contribution in [2.24, 2.45) is 5.92 Å². The Morgan fingerprint density at radius 1 is 1.32 bits per heavy atom. The van der Waals surface area contributed by atoms with Gasteiger partial charge in [-0.05, 0) is 43.7 Å². The summed E-state index contributed by atoms with van der Waals surface area (Å²) in [5, 5.41) is 3.46. The van der Waals surface area contributed by atoms with Crippen LogP contribution in [0.25, 0.3) is 0 Å². The molecule has 0 unspecified atom stereocenters. The molecule has 1 aromatic carbocycles. The number of anilines is 2. The third kappa shape index (κ3) is 3.23. The first-order chi connectivity index (χ1) is 11.9. The van der Waals surface area contributed by atoms with Crippen molar-refractivity contribution < 1.29 is 9.18 Å². The van der Waals surface area contributed by atoms with Crippen LogP contribution >= 0.6 is 0 Å². The molecule has 0 radical (unpaired) electrons. The van der Waals surface area contributed by atoms with Crippen molar-refractivity contribution in [1.82, 2.24) is 4.98 Å². The summed E-state index contributed by atoms with van der Waals surface area (Å²) >= 11 is 0. The summed E-state index contributed by atoms with van der Waals surface area (Å²) in [6.07, 6.45) is 0.830. The average Bonchev–Trinajstić information content (AvgIpc) is 2.56. The van der Waals surface area contributed by atoms with E-state index in [2.05, 4.69) is 24.1 Å². The smallest absolute Gasteiger partial charge is 0.224 e. The van der Waals surface area contributed by atoms with Crippen molar-refractivity contribution in [3.63, 3.8) is 0 Å². The van der Waals surface area contributed by atoms with E-state index in [1.165, 1.54) is 12.1 Å². The largest absolute Gasteiger partial charge is 0.363 e. The first-order valence-electron chi connectivity index (χ1n) is 8.71. The van der Waals surface area contributed by atoms with Gasteiger partial charge < -0.3 is 10.2 Å². The Bertz CT molecular complexity index is 792. The zero-order valence-electron chi connectivity index (χ0n) is 15.1. The molecule has 1 aliphatic heterocycles. The van der Waals surface area contributed by atoms with E-state index in [1.54, 1.807) is 17.9 Å². The topological polar surface area (TPSA) is 45.2 Å². The van der Waals surface area contributed by atoms with Crippen LogP contribution in [-0.2, 0) is 4.79 Å². The van der Waals surface area contributed by atoms with Crippen molar-refractivity contribution in [3.05, 3.63) is 53.5 Å². The number of pyridine rings is 1. The van der Waals surface area contributed by atoms with E-state index < -0.39 is 0 Å². The van der Waals surface area contributed by atoms with Crippen molar-refractivity contribution in [2.45, 2.75) is 46.2 Å². The van der Waals surface area contributed by atoms with E-state index in [1.807, 2.05) is 25.1 Å². The van der Waals surface area contributed by atoms with Crippen LogP contribution in [0, 0.1) is 18.7 Å². The molecule has 1 aromatic heterocycles. The Morgan fingerprint density at radius 2 is 2.08 bits per heavy atom. The minimum absolute atomic E-state index is 0.0151. The number of aryl methyl sites for hydroxylation is 1. The Labute approximate surface area is 148 Å². The molecule has 2 heterocycles. The van der Waals surface area contributed by atoms with Crippen LogP contribution in [0.15, 0.2) is 36.4 Å². The summed E-state index contributed by atoms with van der Waals surface area (Å²) in [5.74, 6) is 0.566. The molecule has 1 amide bonds. The zero-order chi connectivity index (χ0) is 18.1. The van der Waals surface area contributed by atoms with E-state index in [-0.39, 0.29) is 29.7 Å². The van der Waals surface area contributed by atoms with Crippen molar-refractivity contribution >= 4 is 17.4 Å². The van der Waals surface area contributed by atoms with Crippen LogP contribution in [0.3, 0.4) is 0 Å². The normalized spacial score (nSPS) is 22.4. The zero-order valence-corrected chi connectivity index (χ0v) is 15.1. The highest BCUT2D eigenvalue weighted by atomic mass is 19.1. The van der Waals surface area contributed by atoms with Gasteiger partial charge in [0, 0.05) is 35.8 Å². The van der Waals surface area contributed by atoms with Gasteiger partial charge in [0.15, 0.2) is 0 Å². The van der Waals surface area contributed by atoms with Crippen LogP contribution in [0.5, 0.6) is 0 Å². The minimum atomic E-state index is -0.298. The summed E-state index contributed by atoms with van der Waals surface area (Å²) < 4.78 is 14.0. The summed E-state index contributed by atoms with van der Waals surface area (Å²) in [5.41, 5.74) is 2.50. The number of nitrogens with one attached hydrogen (secondary N) is 1.